The second-order valence-electron chi connectivity index (χ2n) is 6.96. The molecule has 4 N–H and O–H groups in total. The summed E-state index contributed by atoms with van der Waals surface area (Å²) in [7, 11) is 0. The molecular weight excluding hydrogens is 344 g/mol. The van der Waals surface area contributed by atoms with Crippen LogP contribution in [0.4, 0.5) is 5.82 Å². The van der Waals surface area contributed by atoms with Gasteiger partial charge in [0.25, 0.3) is 0 Å². The van der Waals surface area contributed by atoms with Crippen LogP contribution >= 0.6 is 0 Å². The first-order chi connectivity index (χ1) is 13.0. The van der Waals surface area contributed by atoms with Crippen LogP contribution in [0.1, 0.15) is 36.5 Å². The first-order valence-electron chi connectivity index (χ1n) is 9.10. The van der Waals surface area contributed by atoms with Crippen molar-refractivity contribution in [1.82, 2.24) is 4.98 Å². The van der Waals surface area contributed by atoms with Gasteiger partial charge in [0.15, 0.2) is 0 Å². The van der Waals surface area contributed by atoms with Gasteiger partial charge in [-0.3, -0.25) is 0 Å². The number of ether oxygens (including phenoxy) is 1. The molecule has 0 saturated carbocycles. The van der Waals surface area contributed by atoms with Crippen LogP contribution in [0, 0.1) is 0 Å². The van der Waals surface area contributed by atoms with E-state index in [4.69, 9.17) is 10.6 Å². The van der Waals surface area contributed by atoms with Crippen molar-refractivity contribution < 1.29 is 14.9 Å². The molecular formula is C20H26N4O3. The van der Waals surface area contributed by atoms with Gasteiger partial charge in [0.2, 0.25) is 0 Å². The van der Waals surface area contributed by atoms with E-state index in [0.29, 0.717) is 30.9 Å². The number of phenols is 2. The Hall–Kier alpha value is -2.80. The summed E-state index contributed by atoms with van der Waals surface area (Å²) >= 11 is 0. The fraction of sp³-hybridized carbons (Fsp3) is 0.400. The fourth-order valence-electron chi connectivity index (χ4n) is 3.19. The third-order valence-electron chi connectivity index (χ3n) is 4.75. The lowest BCUT2D eigenvalue weighted by atomic mass is 9.95. The lowest BCUT2D eigenvalue weighted by molar-refractivity contribution is 0.122. The summed E-state index contributed by atoms with van der Waals surface area (Å²) in [6, 6.07) is 7.06. The smallest absolute Gasteiger partial charge is 0.128 e. The minimum atomic E-state index is -0.0426. The molecule has 0 amide bonds. The number of anilines is 1. The van der Waals surface area contributed by atoms with Gasteiger partial charge < -0.3 is 25.7 Å². The number of aromatic nitrogens is 1. The van der Waals surface area contributed by atoms with E-state index in [1.165, 1.54) is 6.07 Å². The molecule has 1 aromatic heterocycles. The van der Waals surface area contributed by atoms with E-state index in [-0.39, 0.29) is 17.4 Å². The minimum Gasteiger partial charge on any atom is -0.508 e. The zero-order valence-electron chi connectivity index (χ0n) is 15.7. The highest BCUT2D eigenvalue weighted by atomic mass is 16.5. The molecule has 2 aromatic rings. The van der Waals surface area contributed by atoms with Crippen molar-refractivity contribution in [1.29, 1.82) is 0 Å². The molecule has 3 rings (SSSR count). The molecule has 0 radical (unpaired) electrons. The number of benzene rings is 1. The van der Waals surface area contributed by atoms with Gasteiger partial charge in [-0.1, -0.05) is 19.9 Å². The summed E-state index contributed by atoms with van der Waals surface area (Å²) in [5, 5.41) is 24.2. The quantitative estimate of drug-likeness (QED) is 0.424. The Bertz CT molecular complexity index is 813. The molecule has 7 nitrogen and oxygen atoms in total. The standard InChI is InChI=1S/C20H26N4O3/c1-13(2)15-10-16(19(26)11-18(15)25)17(23-21)9-14-3-4-20(22-12-14)24-5-7-27-8-6-24/h3-4,10-13,25-26H,5-9,21H2,1-2H3/b23-17+. The molecule has 1 aliphatic heterocycles. The normalized spacial score (nSPS) is 15.4. The second-order valence-corrected chi connectivity index (χ2v) is 6.96. The van der Waals surface area contributed by atoms with Gasteiger partial charge in [0, 0.05) is 37.3 Å². The maximum atomic E-state index is 10.3. The van der Waals surface area contributed by atoms with Gasteiger partial charge in [0.1, 0.15) is 17.3 Å². The Balaban J connectivity index is 1.80. The van der Waals surface area contributed by atoms with Crippen LogP contribution in [0.15, 0.2) is 35.6 Å². The van der Waals surface area contributed by atoms with E-state index in [9.17, 15) is 10.2 Å². The molecule has 0 bridgehead atoms. The number of hydrogen-bond donors (Lipinski definition) is 3. The van der Waals surface area contributed by atoms with Gasteiger partial charge >= 0.3 is 0 Å². The Labute approximate surface area is 159 Å². The number of morpholine rings is 1. The molecule has 2 heterocycles. The zero-order chi connectivity index (χ0) is 19.4. The van der Waals surface area contributed by atoms with E-state index in [0.717, 1.165) is 30.0 Å². The van der Waals surface area contributed by atoms with Crippen molar-refractivity contribution >= 4 is 11.5 Å². The Morgan fingerprint density at radius 1 is 1.22 bits per heavy atom. The second kappa shape index (κ2) is 8.26. The Morgan fingerprint density at radius 3 is 2.56 bits per heavy atom. The predicted molar refractivity (Wildman–Crippen MR) is 106 cm³/mol. The molecule has 0 spiro atoms. The highest BCUT2D eigenvalue weighted by Gasteiger charge is 2.17. The number of aromatic hydroxyl groups is 2. The van der Waals surface area contributed by atoms with Crippen LogP contribution in [-0.4, -0.2) is 47.2 Å². The molecule has 0 atom stereocenters. The highest BCUT2D eigenvalue weighted by Crippen LogP contribution is 2.33. The number of pyridine rings is 1. The third-order valence-corrected chi connectivity index (χ3v) is 4.75. The molecule has 1 saturated heterocycles. The summed E-state index contributed by atoms with van der Waals surface area (Å²) in [5.74, 6) is 6.66. The molecule has 0 aliphatic carbocycles. The van der Waals surface area contributed by atoms with Crippen LogP contribution in [0.3, 0.4) is 0 Å². The predicted octanol–water partition coefficient (Wildman–Crippen LogP) is 2.36. The number of hydrazone groups is 1. The number of rotatable bonds is 5. The van der Waals surface area contributed by atoms with Crippen LogP contribution in [0.25, 0.3) is 0 Å². The minimum absolute atomic E-state index is 0.0426. The van der Waals surface area contributed by atoms with E-state index < -0.39 is 0 Å². The molecule has 1 fully saturated rings. The lowest BCUT2D eigenvalue weighted by Crippen LogP contribution is -2.36. The number of hydrogen-bond acceptors (Lipinski definition) is 7. The van der Waals surface area contributed by atoms with Crippen LogP contribution in [0.2, 0.25) is 0 Å². The third kappa shape index (κ3) is 4.31. The molecule has 144 valence electrons. The average Bonchev–Trinajstić information content (AvgIpc) is 2.67. The molecule has 7 heteroatoms. The van der Waals surface area contributed by atoms with E-state index in [1.807, 2.05) is 26.0 Å². The van der Waals surface area contributed by atoms with Crippen molar-refractivity contribution in [2.75, 3.05) is 31.2 Å². The summed E-state index contributed by atoms with van der Waals surface area (Å²) in [6.07, 6.45) is 2.24. The van der Waals surface area contributed by atoms with Crippen molar-refractivity contribution in [3.63, 3.8) is 0 Å². The topological polar surface area (TPSA) is 104 Å². The highest BCUT2D eigenvalue weighted by molar-refractivity contribution is 6.04. The van der Waals surface area contributed by atoms with E-state index in [1.54, 1.807) is 12.3 Å². The van der Waals surface area contributed by atoms with Gasteiger partial charge in [-0.05, 0) is 29.2 Å². The summed E-state index contributed by atoms with van der Waals surface area (Å²) in [6.45, 7) is 7.05. The first-order valence-corrected chi connectivity index (χ1v) is 9.10. The number of nitrogens with two attached hydrogens (primary N) is 1. The molecule has 1 aromatic carbocycles. The summed E-state index contributed by atoms with van der Waals surface area (Å²) in [4.78, 5) is 6.72. The molecule has 27 heavy (non-hydrogen) atoms. The Kier molecular flexibility index (Phi) is 5.81. The van der Waals surface area contributed by atoms with Gasteiger partial charge in [-0.25, -0.2) is 4.98 Å². The summed E-state index contributed by atoms with van der Waals surface area (Å²) in [5.41, 5.74) is 2.74. The monoisotopic (exact) mass is 370 g/mol. The lowest BCUT2D eigenvalue weighted by Gasteiger charge is -2.27. The molecule has 0 unspecified atom stereocenters. The van der Waals surface area contributed by atoms with Crippen molar-refractivity contribution in [2.24, 2.45) is 10.9 Å². The van der Waals surface area contributed by atoms with Crippen LogP contribution < -0.4 is 10.7 Å². The number of phenolic OH excluding ortho intramolecular Hbond substituents is 2. The van der Waals surface area contributed by atoms with Gasteiger partial charge in [-0.15, -0.1) is 0 Å². The van der Waals surface area contributed by atoms with Crippen molar-refractivity contribution in [3.05, 3.63) is 47.2 Å². The largest absolute Gasteiger partial charge is 0.508 e. The SMILES string of the molecule is CC(C)c1cc(/C(Cc2ccc(N3CCOCC3)nc2)=N/N)c(O)cc1O. The van der Waals surface area contributed by atoms with E-state index in [2.05, 4.69) is 15.0 Å². The fourth-order valence-corrected chi connectivity index (χ4v) is 3.19. The summed E-state index contributed by atoms with van der Waals surface area (Å²) < 4.78 is 5.37. The van der Waals surface area contributed by atoms with E-state index >= 15 is 0 Å². The van der Waals surface area contributed by atoms with Crippen molar-refractivity contribution in [3.8, 4) is 11.5 Å². The van der Waals surface area contributed by atoms with Crippen molar-refractivity contribution in [2.45, 2.75) is 26.2 Å². The molecule has 1 aliphatic rings. The van der Waals surface area contributed by atoms with Crippen LogP contribution in [0.5, 0.6) is 11.5 Å². The average molecular weight is 370 g/mol. The number of nitrogens with zero attached hydrogens (tertiary/aromatic N) is 3. The first kappa shape index (κ1) is 19.0. The maximum Gasteiger partial charge on any atom is 0.128 e. The maximum absolute atomic E-state index is 10.3. The Morgan fingerprint density at radius 2 is 1.96 bits per heavy atom. The van der Waals surface area contributed by atoms with Gasteiger partial charge in [-0.2, -0.15) is 5.10 Å². The van der Waals surface area contributed by atoms with Gasteiger partial charge in [0.05, 0.1) is 18.9 Å². The zero-order valence-corrected chi connectivity index (χ0v) is 15.7. The van der Waals surface area contributed by atoms with Crippen LogP contribution in [-0.2, 0) is 11.2 Å².